The van der Waals surface area contributed by atoms with E-state index in [9.17, 15) is 13.2 Å². The van der Waals surface area contributed by atoms with Crippen LogP contribution in [0.1, 0.15) is 18.7 Å². The lowest BCUT2D eigenvalue weighted by atomic mass is 10.3. The first-order valence-corrected chi connectivity index (χ1v) is 10.6. The molecule has 0 fully saturated rings. The Morgan fingerprint density at radius 2 is 1.78 bits per heavy atom. The maximum Gasteiger partial charge on any atom is 0.221 e. The van der Waals surface area contributed by atoms with E-state index in [0.717, 1.165) is 29.8 Å². The molecule has 0 bridgehead atoms. The van der Waals surface area contributed by atoms with E-state index in [1.165, 1.54) is 0 Å². The van der Waals surface area contributed by atoms with Crippen molar-refractivity contribution < 1.29 is 13.2 Å². The molecule has 0 spiro atoms. The summed E-state index contributed by atoms with van der Waals surface area (Å²) in [4.78, 5) is 16.7. The fraction of sp³-hybridized carbons (Fsp3) is 0.300. The van der Waals surface area contributed by atoms with Gasteiger partial charge in [-0.1, -0.05) is 30.3 Å². The molecule has 3 rings (SSSR count). The number of benzene rings is 2. The molecule has 0 radical (unpaired) electrons. The van der Waals surface area contributed by atoms with Gasteiger partial charge in [-0.2, -0.15) is 0 Å². The number of nitrogens with one attached hydrogen (secondary N) is 1. The highest BCUT2D eigenvalue weighted by molar-refractivity contribution is 7.91. The maximum absolute atomic E-state index is 12.2. The number of aryl methyl sites for hydroxylation is 2. The Kier molecular flexibility index (Phi) is 5.91. The van der Waals surface area contributed by atoms with Gasteiger partial charge in [0, 0.05) is 19.5 Å². The van der Waals surface area contributed by atoms with E-state index >= 15 is 0 Å². The Balaban J connectivity index is 1.45. The van der Waals surface area contributed by atoms with Crippen molar-refractivity contribution in [1.82, 2.24) is 14.9 Å². The lowest BCUT2D eigenvalue weighted by molar-refractivity contribution is -0.120. The van der Waals surface area contributed by atoms with E-state index in [1.54, 1.807) is 30.3 Å². The summed E-state index contributed by atoms with van der Waals surface area (Å²) in [6.45, 7) is 3.21. The van der Waals surface area contributed by atoms with Crippen LogP contribution in [0.15, 0.2) is 59.5 Å². The molecule has 0 aliphatic carbocycles. The van der Waals surface area contributed by atoms with Crippen LogP contribution < -0.4 is 5.32 Å². The predicted molar refractivity (Wildman–Crippen MR) is 105 cm³/mol. The largest absolute Gasteiger partial charge is 0.356 e. The number of nitrogens with zero attached hydrogens (tertiary/aromatic N) is 2. The van der Waals surface area contributed by atoms with Crippen molar-refractivity contribution in [1.29, 1.82) is 0 Å². The number of carbonyl (C=O) groups excluding carboxylic acids is 1. The summed E-state index contributed by atoms with van der Waals surface area (Å²) in [7, 11) is -3.42. The van der Waals surface area contributed by atoms with Crippen LogP contribution in [-0.4, -0.2) is 36.2 Å². The van der Waals surface area contributed by atoms with Crippen molar-refractivity contribution in [3.05, 3.63) is 60.4 Å². The minimum absolute atomic E-state index is 0.0374. The Morgan fingerprint density at radius 3 is 2.56 bits per heavy atom. The fourth-order valence-corrected chi connectivity index (χ4v) is 4.27. The van der Waals surface area contributed by atoms with Gasteiger partial charge in [-0.05, 0) is 37.6 Å². The SMILES string of the molecule is Cc1nc2ccccc2n1CCCNC(=O)CCS(=O)(=O)c1ccccc1. The number of sulfone groups is 1. The predicted octanol–water partition coefficient (Wildman–Crippen LogP) is 2.72. The summed E-state index contributed by atoms with van der Waals surface area (Å²) in [5.74, 6) is 0.506. The first kappa shape index (κ1) is 19.1. The van der Waals surface area contributed by atoms with Gasteiger partial charge in [0.15, 0.2) is 9.84 Å². The summed E-state index contributed by atoms with van der Waals surface area (Å²) in [5, 5.41) is 2.80. The lowest BCUT2D eigenvalue weighted by Crippen LogP contribution is -2.27. The standard InChI is InChI=1S/C20H23N3O3S/c1-16-22-18-10-5-6-11-19(18)23(16)14-7-13-21-20(24)12-15-27(25,26)17-8-3-2-4-9-17/h2-6,8-11H,7,12-15H2,1H3,(H,21,24). The van der Waals surface area contributed by atoms with Crippen molar-refractivity contribution in [2.75, 3.05) is 12.3 Å². The van der Waals surface area contributed by atoms with E-state index in [4.69, 9.17) is 0 Å². The molecule has 0 aliphatic heterocycles. The highest BCUT2D eigenvalue weighted by atomic mass is 32.2. The van der Waals surface area contributed by atoms with Gasteiger partial charge in [0.1, 0.15) is 5.82 Å². The van der Waals surface area contributed by atoms with Crippen molar-refractivity contribution >= 4 is 26.8 Å². The number of aromatic nitrogens is 2. The number of rotatable bonds is 8. The minimum atomic E-state index is -3.42. The summed E-state index contributed by atoms with van der Waals surface area (Å²) in [5.41, 5.74) is 2.04. The van der Waals surface area contributed by atoms with Gasteiger partial charge in [0.05, 0.1) is 21.7 Å². The molecule has 1 heterocycles. The highest BCUT2D eigenvalue weighted by Gasteiger charge is 2.15. The van der Waals surface area contributed by atoms with Gasteiger partial charge < -0.3 is 9.88 Å². The van der Waals surface area contributed by atoms with Gasteiger partial charge in [-0.3, -0.25) is 4.79 Å². The van der Waals surface area contributed by atoms with Gasteiger partial charge in [-0.25, -0.2) is 13.4 Å². The molecule has 0 atom stereocenters. The third-order valence-electron chi connectivity index (χ3n) is 4.43. The van der Waals surface area contributed by atoms with Crippen LogP contribution in [0.4, 0.5) is 0 Å². The van der Waals surface area contributed by atoms with Crippen LogP contribution in [0, 0.1) is 6.92 Å². The molecule has 27 heavy (non-hydrogen) atoms. The first-order chi connectivity index (χ1) is 13.0. The molecule has 3 aromatic rings. The molecule has 2 aromatic carbocycles. The summed E-state index contributed by atoms with van der Waals surface area (Å²) in [6, 6.07) is 16.2. The number of imidazole rings is 1. The van der Waals surface area contributed by atoms with E-state index in [0.29, 0.717) is 6.54 Å². The number of hydrogen-bond acceptors (Lipinski definition) is 4. The number of hydrogen-bond donors (Lipinski definition) is 1. The van der Waals surface area contributed by atoms with Crippen LogP contribution in [0.2, 0.25) is 0 Å². The number of carbonyl (C=O) groups is 1. The molecule has 1 aromatic heterocycles. The maximum atomic E-state index is 12.2. The molecule has 0 aliphatic rings. The van der Waals surface area contributed by atoms with Crippen molar-refractivity contribution in [2.45, 2.75) is 31.2 Å². The van der Waals surface area contributed by atoms with E-state index in [1.807, 2.05) is 31.2 Å². The quantitative estimate of drug-likeness (QED) is 0.605. The van der Waals surface area contributed by atoms with Crippen LogP contribution in [-0.2, 0) is 21.2 Å². The first-order valence-electron chi connectivity index (χ1n) is 8.94. The van der Waals surface area contributed by atoms with Gasteiger partial charge in [0.2, 0.25) is 5.91 Å². The second-order valence-electron chi connectivity index (χ2n) is 6.38. The molecule has 1 amide bonds. The molecule has 0 saturated heterocycles. The molecule has 1 N–H and O–H groups in total. The van der Waals surface area contributed by atoms with Crippen LogP contribution >= 0.6 is 0 Å². The molecular formula is C20H23N3O3S. The lowest BCUT2D eigenvalue weighted by Gasteiger charge is -2.09. The molecule has 0 saturated carbocycles. The van der Waals surface area contributed by atoms with Gasteiger partial charge >= 0.3 is 0 Å². The van der Waals surface area contributed by atoms with Crippen molar-refractivity contribution in [3.8, 4) is 0 Å². The Hall–Kier alpha value is -2.67. The smallest absolute Gasteiger partial charge is 0.221 e. The third-order valence-corrected chi connectivity index (χ3v) is 6.16. The topological polar surface area (TPSA) is 81.1 Å². The Labute approximate surface area is 159 Å². The zero-order valence-corrected chi connectivity index (χ0v) is 16.1. The second-order valence-corrected chi connectivity index (χ2v) is 8.49. The summed E-state index contributed by atoms with van der Waals surface area (Å²) in [6.07, 6.45) is 0.711. The van der Waals surface area contributed by atoms with Gasteiger partial charge in [-0.15, -0.1) is 0 Å². The second kappa shape index (κ2) is 8.35. The average Bonchev–Trinajstić information content (AvgIpc) is 2.99. The Bertz CT molecular complexity index is 1030. The number of fused-ring (bicyclic) bond motifs is 1. The molecule has 6 nitrogen and oxygen atoms in total. The van der Waals surface area contributed by atoms with Crippen molar-refractivity contribution in [2.24, 2.45) is 0 Å². The van der Waals surface area contributed by atoms with E-state index in [2.05, 4.69) is 14.9 Å². The monoisotopic (exact) mass is 385 g/mol. The van der Waals surface area contributed by atoms with Crippen LogP contribution in [0.5, 0.6) is 0 Å². The molecule has 0 unspecified atom stereocenters. The summed E-state index contributed by atoms with van der Waals surface area (Å²) < 4.78 is 26.5. The van der Waals surface area contributed by atoms with Gasteiger partial charge in [0.25, 0.3) is 0 Å². The average molecular weight is 385 g/mol. The van der Waals surface area contributed by atoms with Crippen molar-refractivity contribution in [3.63, 3.8) is 0 Å². The van der Waals surface area contributed by atoms with Crippen LogP contribution in [0.25, 0.3) is 11.0 Å². The molecule has 142 valence electrons. The summed E-state index contributed by atoms with van der Waals surface area (Å²) >= 11 is 0. The number of amides is 1. The number of para-hydroxylation sites is 2. The Morgan fingerprint density at radius 1 is 1.07 bits per heavy atom. The zero-order valence-electron chi connectivity index (χ0n) is 15.3. The normalized spacial score (nSPS) is 11.6. The third kappa shape index (κ3) is 4.74. The van der Waals surface area contributed by atoms with E-state index in [-0.39, 0.29) is 23.0 Å². The van der Waals surface area contributed by atoms with Crippen LogP contribution in [0.3, 0.4) is 0 Å². The zero-order chi connectivity index (χ0) is 19.3. The molecule has 7 heteroatoms. The fourth-order valence-electron chi connectivity index (χ4n) is 3.00. The minimum Gasteiger partial charge on any atom is -0.356 e. The van der Waals surface area contributed by atoms with E-state index < -0.39 is 9.84 Å². The molecular weight excluding hydrogens is 362 g/mol. The highest BCUT2D eigenvalue weighted by Crippen LogP contribution is 2.15.